The third-order valence-corrected chi connectivity index (χ3v) is 6.51. The first-order valence-corrected chi connectivity index (χ1v) is 12.0. The molecular weight excluding hydrogens is 455 g/mol. The van der Waals surface area contributed by atoms with Crippen molar-refractivity contribution in [3.8, 4) is 5.69 Å². The molecule has 10 heteroatoms. The number of carbonyl (C=O) groups excluding carboxylic acids is 2. The van der Waals surface area contributed by atoms with Crippen LogP contribution in [0.5, 0.6) is 0 Å². The number of aromatic nitrogens is 3. The average molecular weight is 483 g/mol. The van der Waals surface area contributed by atoms with Crippen molar-refractivity contribution in [2.24, 2.45) is 0 Å². The van der Waals surface area contributed by atoms with Crippen LogP contribution in [0.15, 0.2) is 53.7 Å². The van der Waals surface area contributed by atoms with E-state index < -0.39 is 0 Å². The second-order valence-electron chi connectivity index (χ2n) is 8.42. The van der Waals surface area contributed by atoms with Crippen LogP contribution in [-0.2, 0) is 4.79 Å². The summed E-state index contributed by atoms with van der Waals surface area (Å²) in [4.78, 5) is 27.3. The van der Waals surface area contributed by atoms with Crippen LogP contribution in [0.4, 0.5) is 10.1 Å². The summed E-state index contributed by atoms with van der Waals surface area (Å²) in [6.45, 7) is 1.99. The molecule has 1 aromatic heterocycles. The highest BCUT2D eigenvalue weighted by Crippen LogP contribution is 2.27. The van der Waals surface area contributed by atoms with Gasteiger partial charge < -0.3 is 10.6 Å². The van der Waals surface area contributed by atoms with E-state index >= 15 is 0 Å². The van der Waals surface area contributed by atoms with E-state index in [0.717, 1.165) is 12.8 Å². The van der Waals surface area contributed by atoms with Crippen molar-refractivity contribution < 1.29 is 14.0 Å². The van der Waals surface area contributed by atoms with Crippen LogP contribution >= 0.6 is 11.8 Å². The van der Waals surface area contributed by atoms with Gasteiger partial charge in [0.15, 0.2) is 11.0 Å². The molecule has 0 unspecified atom stereocenters. The van der Waals surface area contributed by atoms with Crippen LogP contribution in [0.25, 0.3) is 5.69 Å². The molecule has 0 bridgehead atoms. The van der Waals surface area contributed by atoms with E-state index in [1.807, 2.05) is 30.5 Å². The van der Waals surface area contributed by atoms with Gasteiger partial charge in [-0.1, -0.05) is 23.9 Å². The minimum absolute atomic E-state index is 0.0578. The van der Waals surface area contributed by atoms with Crippen molar-refractivity contribution in [2.75, 3.05) is 25.2 Å². The summed E-state index contributed by atoms with van der Waals surface area (Å²) in [7, 11) is 3.87. The lowest BCUT2D eigenvalue weighted by Gasteiger charge is -2.20. The molecule has 8 nitrogen and oxygen atoms in total. The molecule has 3 aromatic rings. The molecule has 0 aliphatic heterocycles. The lowest BCUT2D eigenvalue weighted by atomic mass is 10.1. The Hall–Kier alpha value is -3.24. The molecule has 0 saturated heterocycles. The van der Waals surface area contributed by atoms with Gasteiger partial charge in [0, 0.05) is 11.7 Å². The highest BCUT2D eigenvalue weighted by atomic mass is 32.2. The topological polar surface area (TPSA) is 92.1 Å². The van der Waals surface area contributed by atoms with Gasteiger partial charge in [-0.05, 0) is 70.3 Å². The molecular formula is C24H27FN6O2S. The maximum Gasteiger partial charge on any atom is 0.253 e. The molecule has 2 aromatic carbocycles. The second kappa shape index (κ2) is 10.4. The largest absolute Gasteiger partial charge is 0.349 e. The Bertz CT molecular complexity index is 1180. The smallest absolute Gasteiger partial charge is 0.253 e. The van der Waals surface area contributed by atoms with Crippen LogP contribution in [-0.4, -0.2) is 57.4 Å². The number of rotatable bonds is 9. The number of benzene rings is 2. The first kappa shape index (κ1) is 23.9. The molecule has 0 spiro atoms. The lowest BCUT2D eigenvalue weighted by Crippen LogP contribution is -2.27. The predicted octanol–water partition coefficient (Wildman–Crippen LogP) is 3.65. The Morgan fingerprint density at radius 2 is 1.85 bits per heavy atom. The van der Waals surface area contributed by atoms with Crippen molar-refractivity contribution in [1.29, 1.82) is 0 Å². The highest BCUT2D eigenvalue weighted by molar-refractivity contribution is 7.99. The Balaban J connectivity index is 1.50. The number of hydrogen-bond acceptors (Lipinski definition) is 6. The van der Waals surface area contributed by atoms with E-state index in [4.69, 9.17) is 0 Å². The van der Waals surface area contributed by atoms with Gasteiger partial charge in [0.2, 0.25) is 5.91 Å². The zero-order valence-electron chi connectivity index (χ0n) is 19.3. The standard InChI is InChI=1S/C24H27FN6O2S/c1-15(30(2)3)22-28-29-24(31(22)18-12-8-16(25)9-13-18)34-14-21(32)27-20-7-5-4-6-19(20)23(33)26-17-10-11-17/h4-9,12-13,15,17H,10-11,14H2,1-3H3,(H,26,33)(H,27,32)/t15-/m1/s1. The number of nitrogens with zero attached hydrogens (tertiary/aromatic N) is 4. The number of para-hydroxylation sites is 1. The Morgan fingerprint density at radius 3 is 2.53 bits per heavy atom. The fourth-order valence-corrected chi connectivity index (χ4v) is 4.07. The molecule has 4 rings (SSSR count). The zero-order chi connectivity index (χ0) is 24.2. The van der Waals surface area contributed by atoms with Crippen molar-refractivity contribution in [3.63, 3.8) is 0 Å². The number of thioether (sulfide) groups is 1. The number of nitrogens with one attached hydrogen (secondary N) is 2. The minimum Gasteiger partial charge on any atom is -0.349 e. The van der Waals surface area contributed by atoms with E-state index in [1.165, 1.54) is 23.9 Å². The fraction of sp³-hybridized carbons (Fsp3) is 0.333. The van der Waals surface area contributed by atoms with E-state index in [1.54, 1.807) is 36.4 Å². The summed E-state index contributed by atoms with van der Waals surface area (Å²) >= 11 is 1.22. The Morgan fingerprint density at radius 1 is 1.15 bits per heavy atom. The maximum absolute atomic E-state index is 13.5. The van der Waals surface area contributed by atoms with Crippen LogP contribution < -0.4 is 10.6 Å². The van der Waals surface area contributed by atoms with Gasteiger partial charge in [0.25, 0.3) is 5.91 Å². The third-order valence-electron chi connectivity index (χ3n) is 5.58. The minimum atomic E-state index is -0.336. The molecule has 34 heavy (non-hydrogen) atoms. The highest BCUT2D eigenvalue weighted by Gasteiger charge is 2.25. The van der Waals surface area contributed by atoms with Gasteiger partial charge in [-0.15, -0.1) is 10.2 Å². The van der Waals surface area contributed by atoms with Gasteiger partial charge in [-0.3, -0.25) is 19.1 Å². The van der Waals surface area contributed by atoms with E-state index in [2.05, 4.69) is 20.8 Å². The third kappa shape index (κ3) is 5.63. The molecule has 1 heterocycles. The quantitative estimate of drug-likeness (QED) is 0.453. The van der Waals surface area contributed by atoms with Gasteiger partial charge >= 0.3 is 0 Å². The first-order chi connectivity index (χ1) is 16.3. The van der Waals surface area contributed by atoms with Gasteiger partial charge in [-0.25, -0.2) is 4.39 Å². The summed E-state index contributed by atoms with van der Waals surface area (Å²) in [5.41, 5.74) is 1.61. The van der Waals surface area contributed by atoms with Crippen molar-refractivity contribution >= 4 is 29.3 Å². The Kier molecular flexibility index (Phi) is 7.28. The predicted molar refractivity (Wildman–Crippen MR) is 130 cm³/mol. The lowest BCUT2D eigenvalue weighted by molar-refractivity contribution is -0.113. The molecule has 178 valence electrons. The number of anilines is 1. The van der Waals surface area contributed by atoms with E-state index in [-0.39, 0.29) is 35.5 Å². The summed E-state index contributed by atoms with van der Waals surface area (Å²) in [5, 5.41) is 14.9. The molecule has 1 aliphatic carbocycles. The van der Waals surface area contributed by atoms with Gasteiger partial charge in [0.05, 0.1) is 23.0 Å². The van der Waals surface area contributed by atoms with Crippen molar-refractivity contribution in [2.45, 2.75) is 37.0 Å². The maximum atomic E-state index is 13.5. The molecule has 2 N–H and O–H groups in total. The van der Waals surface area contributed by atoms with Crippen LogP contribution in [0.2, 0.25) is 0 Å². The fourth-order valence-electron chi connectivity index (χ4n) is 3.31. The summed E-state index contributed by atoms with van der Waals surface area (Å²) < 4.78 is 15.3. The van der Waals surface area contributed by atoms with Gasteiger partial charge in [0.1, 0.15) is 5.82 Å². The van der Waals surface area contributed by atoms with Crippen LogP contribution in [0, 0.1) is 5.82 Å². The number of hydrogen-bond donors (Lipinski definition) is 2. The molecule has 1 fully saturated rings. The molecule has 0 radical (unpaired) electrons. The average Bonchev–Trinajstić information content (AvgIpc) is 3.53. The summed E-state index contributed by atoms with van der Waals surface area (Å²) in [5.74, 6) is -0.0515. The normalized spacial score (nSPS) is 14.1. The molecule has 1 aliphatic rings. The second-order valence-corrected chi connectivity index (χ2v) is 9.36. The van der Waals surface area contributed by atoms with Gasteiger partial charge in [-0.2, -0.15) is 0 Å². The molecule has 2 amide bonds. The van der Waals surface area contributed by atoms with Crippen LogP contribution in [0.3, 0.4) is 0 Å². The SMILES string of the molecule is C[C@H](c1nnc(SCC(=O)Nc2ccccc2C(=O)NC2CC2)n1-c1ccc(F)cc1)N(C)C. The van der Waals surface area contributed by atoms with Crippen LogP contribution in [0.1, 0.15) is 42.0 Å². The first-order valence-electron chi connectivity index (χ1n) is 11.0. The van der Waals surface area contributed by atoms with Crippen molar-refractivity contribution in [1.82, 2.24) is 25.0 Å². The number of carbonyl (C=O) groups is 2. The summed E-state index contributed by atoms with van der Waals surface area (Å²) in [6.07, 6.45) is 1.97. The zero-order valence-corrected chi connectivity index (χ0v) is 20.1. The number of halogens is 1. The summed E-state index contributed by atoms with van der Waals surface area (Å²) in [6, 6.07) is 13.2. The van der Waals surface area contributed by atoms with E-state index in [0.29, 0.717) is 27.9 Å². The number of amides is 2. The van der Waals surface area contributed by atoms with E-state index in [9.17, 15) is 14.0 Å². The Labute approximate surface area is 201 Å². The van der Waals surface area contributed by atoms with Crippen molar-refractivity contribution in [3.05, 3.63) is 65.7 Å². The molecule has 1 saturated carbocycles. The monoisotopic (exact) mass is 482 g/mol. The molecule has 1 atom stereocenters.